The van der Waals surface area contributed by atoms with E-state index < -0.39 is 5.60 Å². The predicted molar refractivity (Wildman–Crippen MR) is 112 cm³/mol. The van der Waals surface area contributed by atoms with Crippen LogP contribution in [0.15, 0.2) is 24.3 Å². The third-order valence-electron chi connectivity index (χ3n) is 5.80. The lowest BCUT2D eigenvalue weighted by atomic mass is 9.75. The molecule has 0 atom stereocenters. The zero-order valence-electron chi connectivity index (χ0n) is 17.8. The summed E-state index contributed by atoms with van der Waals surface area (Å²) in [4.78, 5) is 12.2. The SMILES string of the molecule is CCCCCCOc1ccc(C2(O)CCC(C(=O)OCCCCC)CC2)cc1. The molecule has 0 amide bonds. The van der Waals surface area contributed by atoms with E-state index in [1.54, 1.807) is 0 Å². The Bertz CT molecular complexity index is 558. The quantitative estimate of drug-likeness (QED) is 0.364. The van der Waals surface area contributed by atoms with Gasteiger partial charge in [0.15, 0.2) is 0 Å². The molecule has 0 unspecified atom stereocenters. The zero-order valence-corrected chi connectivity index (χ0v) is 17.8. The van der Waals surface area contributed by atoms with Crippen LogP contribution in [0.1, 0.15) is 90.0 Å². The molecule has 2 rings (SSSR count). The Morgan fingerprint density at radius 1 is 0.964 bits per heavy atom. The largest absolute Gasteiger partial charge is 0.494 e. The Kier molecular flexibility index (Phi) is 9.83. The van der Waals surface area contributed by atoms with E-state index in [1.807, 2.05) is 24.3 Å². The van der Waals surface area contributed by atoms with Crippen LogP contribution in [0.3, 0.4) is 0 Å². The van der Waals surface area contributed by atoms with Gasteiger partial charge in [0.2, 0.25) is 0 Å². The second-order valence-electron chi connectivity index (χ2n) is 8.11. The summed E-state index contributed by atoms with van der Waals surface area (Å²) in [7, 11) is 0. The van der Waals surface area contributed by atoms with Crippen LogP contribution in [0.25, 0.3) is 0 Å². The number of ether oxygens (including phenoxy) is 2. The molecule has 1 aromatic carbocycles. The minimum Gasteiger partial charge on any atom is -0.494 e. The molecule has 1 aliphatic rings. The number of aliphatic hydroxyl groups is 1. The van der Waals surface area contributed by atoms with Gasteiger partial charge in [0.25, 0.3) is 0 Å². The topological polar surface area (TPSA) is 55.8 Å². The highest BCUT2D eigenvalue weighted by Gasteiger charge is 2.37. The van der Waals surface area contributed by atoms with Gasteiger partial charge in [0.05, 0.1) is 24.7 Å². The lowest BCUT2D eigenvalue weighted by Crippen LogP contribution is -2.34. The second-order valence-corrected chi connectivity index (χ2v) is 8.11. The standard InChI is InChI=1S/C24H38O4/c1-3-5-7-9-18-27-22-12-10-21(11-13-22)24(26)16-14-20(15-17-24)23(25)28-19-8-6-4-2/h10-13,20,26H,3-9,14-19H2,1-2H3. The first-order valence-corrected chi connectivity index (χ1v) is 11.2. The van der Waals surface area contributed by atoms with E-state index in [1.165, 1.54) is 19.3 Å². The highest BCUT2D eigenvalue weighted by atomic mass is 16.5. The first kappa shape index (κ1) is 22.7. The van der Waals surface area contributed by atoms with Crippen LogP contribution in [0.2, 0.25) is 0 Å². The maximum Gasteiger partial charge on any atom is 0.308 e. The highest BCUT2D eigenvalue weighted by molar-refractivity contribution is 5.72. The molecule has 0 radical (unpaired) electrons. The smallest absolute Gasteiger partial charge is 0.308 e. The summed E-state index contributed by atoms with van der Waals surface area (Å²) < 4.78 is 11.2. The van der Waals surface area contributed by atoms with Crippen molar-refractivity contribution in [2.45, 2.75) is 90.1 Å². The molecule has 28 heavy (non-hydrogen) atoms. The van der Waals surface area contributed by atoms with Crippen LogP contribution in [-0.4, -0.2) is 24.3 Å². The van der Waals surface area contributed by atoms with Crippen LogP contribution in [0.5, 0.6) is 5.75 Å². The van der Waals surface area contributed by atoms with Gasteiger partial charge >= 0.3 is 5.97 Å². The van der Waals surface area contributed by atoms with Crippen LogP contribution in [0.4, 0.5) is 0 Å². The molecule has 0 spiro atoms. The van der Waals surface area contributed by atoms with E-state index in [0.717, 1.165) is 43.6 Å². The number of carbonyl (C=O) groups excluding carboxylic acids is 1. The molecule has 0 heterocycles. The van der Waals surface area contributed by atoms with Crippen LogP contribution < -0.4 is 4.74 Å². The number of esters is 1. The number of hydrogen-bond acceptors (Lipinski definition) is 4. The summed E-state index contributed by atoms with van der Waals surface area (Å²) in [6.07, 6.45) is 10.5. The highest BCUT2D eigenvalue weighted by Crippen LogP contribution is 2.40. The van der Waals surface area contributed by atoms with Gasteiger partial charge in [-0.1, -0.05) is 58.1 Å². The maximum atomic E-state index is 12.2. The van der Waals surface area contributed by atoms with Crippen molar-refractivity contribution in [3.8, 4) is 5.75 Å². The zero-order chi connectivity index (χ0) is 20.2. The van der Waals surface area contributed by atoms with Crippen LogP contribution in [0, 0.1) is 5.92 Å². The number of benzene rings is 1. The fourth-order valence-electron chi connectivity index (χ4n) is 3.84. The summed E-state index contributed by atoms with van der Waals surface area (Å²) in [6.45, 7) is 5.60. The van der Waals surface area contributed by atoms with Crippen molar-refractivity contribution < 1.29 is 19.4 Å². The number of rotatable bonds is 12. The minimum absolute atomic E-state index is 0.0763. The fraction of sp³-hybridized carbons (Fsp3) is 0.708. The molecule has 158 valence electrons. The molecular weight excluding hydrogens is 352 g/mol. The van der Waals surface area contributed by atoms with Crippen molar-refractivity contribution >= 4 is 5.97 Å². The molecule has 1 fully saturated rings. The Hall–Kier alpha value is -1.55. The van der Waals surface area contributed by atoms with Crippen molar-refractivity contribution in [3.05, 3.63) is 29.8 Å². The predicted octanol–water partition coefficient (Wildman–Crippen LogP) is 5.76. The number of unbranched alkanes of at least 4 members (excludes halogenated alkanes) is 5. The van der Waals surface area contributed by atoms with Crippen molar-refractivity contribution in [1.29, 1.82) is 0 Å². The van der Waals surface area contributed by atoms with Crippen molar-refractivity contribution in [1.82, 2.24) is 0 Å². The van der Waals surface area contributed by atoms with Gasteiger partial charge in [-0.05, 0) is 56.2 Å². The maximum absolute atomic E-state index is 12.2. The Balaban J connectivity index is 1.77. The van der Waals surface area contributed by atoms with Crippen molar-refractivity contribution in [2.24, 2.45) is 5.92 Å². The molecule has 0 aliphatic heterocycles. The van der Waals surface area contributed by atoms with Gasteiger partial charge in [-0.3, -0.25) is 4.79 Å². The van der Waals surface area contributed by atoms with Gasteiger partial charge in [-0.25, -0.2) is 0 Å². The molecule has 1 saturated carbocycles. The van der Waals surface area contributed by atoms with Crippen LogP contribution in [-0.2, 0) is 15.1 Å². The number of hydrogen-bond donors (Lipinski definition) is 1. The van der Waals surface area contributed by atoms with Crippen molar-refractivity contribution in [3.63, 3.8) is 0 Å². The molecule has 1 aromatic rings. The van der Waals surface area contributed by atoms with Crippen LogP contribution >= 0.6 is 0 Å². The Morgan fingerprint density at radius 2 is 1.57 bits per heavy atom. The van der Waals surface area contributed by atoms with E-state index in [0.29, 0.717) is 32.3 Å². The molecule has 0 saturated heterocycles. The minimum atomic E-state index is -0.849. The molecular formula is C24H38O4. The van der Waals surface area contributed by atoms with E-state index in [9.17, 15) is 9.90 Å². The molecule has 4 nitrogen and oxygen atoms in total. The van der Waals surface area contributed by atoms with Gasteiger partial charge in [0.1, 0.15) is 5.75 Å². The normalized spacial score (nSPS) is 22.0. The lowest BCUT2D eigenvalue weighted by molar-refractivity contribution is -0.152. The third-order valence-corrected chi connectivity index (χ3v) is 5.80. The molecule has 1 N–H and O–H groups in total. The van der Waals surface area contributed by atoms with E-state index in [-0.39, 0.29) is 11.9 Å². The molecule has 1 aliphatic carbocycles. The second kappa shape index (κ2) is 12.1. The first-order valence-electron chi connectivity index (χ1n) is 11.2. The van der Waals surface area contributed by atoms with E-state index >= 15 is 0 Å². The summed E-state index contributed by atoms with van der Waals surface area (Å²) in [6, 6.07) is 7.82. The third kappa shape index (κ3) is 7.12. The van der Waals surface area contributed by atoms with E-state index in [4.69, 9.17) is 9.47 Å². The number of carbonyl (C=O) groups is 1. The van der Waals surface area contributed by atoms with Crippen molar-refractivity contribution in [2.75, 3.05) is 13.2 Å². The van der Waals surface area contributed by atoms with E-state index in [2.05, 4.69) is 13.8 Å². The summed E-state index contributed by atoms with van der Waals surface area (Å²) in [5.74, 6) is 0.686. The average molecular weight is 391 g/mol. The Morgan fingerprint density at radius 3 is 2.21 bits per heavy atom. The summed E-state index contributed by atoms with van der Waals surface area (Å²) in [5.41, 5.74) is 0.0687. The monoisotopic (exact) mass is 390 g/mol. The molecule has 4 heteroatoms. The average Bonchev–Trinajstić information content (AvgIpc) is 2.72. The lowest BCUT2D eigenvalue weighted by Gasteiger charge is -2.35. The summed E-state index contributed by atoms with van der Waals surface area (Å²) in [5, 5.41) is 11.1. The summed E-state index contributed by atoms with van der Waals surface area (Å²) >= 11 is 0. The molecule has 0 aromatic heterocycles. The fourth-order valence-corrected chi connectivity index (χ4v) is 3.84. The molecule has 0 bridgehead atoms. The Labute approximate surface area is 170 Å². The first-order chi connectivity index (χ1) is 13.6. The van der Waals surface area contributed by atoms with Gasteiger partial charge in [-0.2, -0.15) is 0 Å². The van der Waals surface area contributed by atoms with Gasteiger partial charge in [0, 0.05) is 0 Å². The van der Waals surface area contributed by atoms with Gasteiger partial charge in [-0.15, -0.1) is 0 Å². The van der Waals surface area contributed by atoms with Gasteiger partial charge < -0.3 is 14.6 Å².